The van der Waals surface area contributed by atoms with Gasteiger partial charge in [0, 0.05) is 17.6 Å². The minimum absolute atomic E-state index is 0.0730. The van der Waals surface area contributed by atoms with E-state index in [1.54, 1.807) is 11.8 Å². The first kappa shape index (κ1) is 16.2. The molecular formula is C16H23NO3. The van der Waals surface area contributed by atoms with Gasteiger partial charge in [0.15, 0.2) is 0 Å². The average molecular weight is 277 g/mol. The van der Waals surface area contributed by atoms with Crippen LogP contribution in [0.3, 0.4) is 0 Å². The van der Waals surface area contributed by atoms with Gasteiger partial charge in [-0.2, -0.15) is 0 Å². The predicted octanol–water partition coefficient (Wildman–Crippen LogP) is 3.09. The molecule has 0 radical (unpaired) electrons. The highest BCUT2D eigenvalue weighted by Gasteiger charge is 2.30. The number of amides is 1. The molecule has 0 saturated heterocycles. The number of benzene rings is 1. The van der Waals surface area contributed by atoms with Crippen molar-refractivity contribution in [2.24, 2.45) is 11.3 Å². The zero-order valence-corrected chi connectivity index (χ0v) is 12.8. The van der Waals surface area contributed by atoms with Crippen molar-refractivity contribution in [3.63, 3.8) is 0 Å². The van der Waals surface area contributed by atoms with E-state index in [2.05, 4.69) is 0 Å². The number of hydrogen-bond acceptors (Lipinski definition) is 2. The third-order valence-electron chi connectivity index (χ3n) is 3.08. The largest absolute Gasteiger partial charge is 0.481 e. The molecule has 1 amide bonds. The Balaban J connectivity index is 3.14. The number of anilines is 1. The SMILES string of the molecule is Cc1cccc(N(CC(C)C(=O)O)C(=O)C(C)(C)C)c1. The van der Waals surface area contributed by atoms with E-state index in [-0.39, 0.29) is 12.5 Å². The molecular weight excluding hydrogens is 254 g/mol. The lowest BCUT2D eigenvalue weighted by Crippen LogP contribution is -2.43. The minimum Gasteiger partial charge on any atom is -0.481 e. The molecule has 0 bridgehead atoms. The fourth-order valence-corrected chi connectivity index (χ4v) is 1.86. The minimum atomic E-state index is -0.899. The Labute approximate surface area is 120 Å². The lowest BCUT2D eigenvalue weighted by molar-refractivity contribution is -0.140. The first-order valence-electron chi connectivity index (χ1n) is 6.74. The Morgan fingerprint density at radius 1 is 1.30 bits per heavy atom. The summed E-state index contributed by atoms with van der Waals surface area (Å²) in [4.78, 5) is 25.2. The van der Waals surface area contributed by atoms with Crippen LogP contribution in [0.15, 0.2) is 24.3 Å². The molecule has 110 valence electrons. The van der Waals surface area contributed by atoms with E-state index >= 15 is 0 Å². The van der Waals surface area contributed by atoms with E-state index in [9.17, 15) is 9.59 Å². The van der Waals surface area contributed by atoms with Gasteiger partial charge in [-0.3, -0.25) is 9.59 Å². The fraction of sp³-hybridized carbons (Fsp3) is 0.500. The van der Waals surface area contributed by atoms with Crippen molar-refractivity contribution in [3.8, 4) is 0 Å². The third kappa shape index (κ3) is 4.08. The number of aliphatic carboxylic acids is 1. The Hall–Kier alpha value is -1.84. The molecule has 1 atom stereocenters. The van der Waals surface area contributed by atoms with E-state index in [0.29, 0.717) is 0 Å². The lowest BCUT2D eigenvalue weighted by Gasteiger charge is -2.31. The second-order valence-electron chi connectivity index (χ2n) is 6.24. The van der Waals surface area contributed by atoms with E-state index < -0.39 is 17.3 Å². The Kier molecular flexibility index (Phi) is 4.93. The Morgan fingerprint density at radius 2 is 1.90 bits per heavy atom. The Morgan fingerprint density at radius 3 is 2.35 bits per heavy atom. The van der Waals surface area contributed by atoms with Crippen LogP contribution in [0.25, 0.3) is 0 Å². The molecule has 0 fully saturated rings. The molecule has 0 aliphatic heterocycles. The zero-order valence-electron chi connectivity index (χ0n) is 12.8. The number of rotatable bonds is 4. The third-order valence-corrected chi connectivity index (χ3v) is 3.08. The van der Waals surface area contributed by atoms with Gasteiger partial charge < -0.3 is 10.0 Å². The van der Waals surface area contributed by atoms with Gasteiger partial charge >= 0.3 is 5.97 Å². The molecule has 4 nitrogen and oxygen atoms in total. The highest BCUT2D eigenvalue weighted by Crippen LogP contribution is 2.25. The number of carboxylic acid groups (broad SMARTS) is 1. The van der Waals surface area contributed by atoms with Crippen molar-refractivity contribution in [3.05, 3.63) is 29.8 Å². The van der Waals surface area contributed by atoms with Gasteiger partial charge in [-0.05, 0) is 24.6 Å². The molecule has 20 heavy (non-hydrogen) atoms. The quantitative estimate of drug-likeness (QED) is 0.920. The summed E-state index contributed by atoms with van der Waals surface area (Å²) >= 11 is 0. The molecule has 1 unspecified atom stereocenters. The van der Waals surface area contributed by atoms with Crippen molar-refractivity contribution in [1.82, 2.24) is 0 Å². The summed E-state index contributed by atoms with van der Waals surface area (Å²) in [7, 11) is 0. The topological polar surface area (TPSA) is 57.6 Å². The van der Waals surface area contributed by atoms with Gasteiger partial charge in [0.2, 0.25) is 5.91 Å². The van der Waals surface area contributed by atoms with Crippen LogP contribution in [-0.4, -0.2) is 23.5 Å². The molecule has 0 heterocycles. The van der Waals surface area contributed by atoms with E-state index in [0.717, 1.165) is 11.3 Å². The second-order valence-corrected chi connectivity index (χ2v) is 6.24. The Bertz CT molecular complexity index is 503. The van der Waals surface area contributed by atoms with Crippen LogP contribution in [0.4, 0.5) is 5.69 Å². The summed E-state index contributed by atoms with van der Waals surface area (Å²) in [6.07, 6.45) is 0. The average Bonchev–Trinajstić information content (AvgIpc) is 2.33. The number of carbonyl (C=O) groups is 2. The summed E-state index contributed by atoms with van der Waals surface area (Å²) < 4.78 is 0. The van der Waals surface area contributed by atoms with Crippen LogP contribution < -0.4 is 4.90 Å². The summed E-state index contributed by atoms with van der Waals surface area (Å²) in [6, 6.07) is 7.56. The smallest absolute Gasteiger partial charge is 0.308 e. The molecule has 1 rings (SSSR count). The van der Waals surface area contributed by atoms with Crippen molar-refractivity contribution in [1.29, 1.82) is 0 Å². The first-order valence-corrected chi connectivity index (χ1v) is 6.74. The zero-order chi connectivity index (χ0) is 15.5. The normalized spacial score (nSPS) is 12.8. The molecule has 1 aromatic carbocycles. The molecule has 0 saturated carbocycles. The van der Waals surface area contributed by atoms with Gasteiger partial charge in [0.05, 0.1) is 5.92 Å². The highest BCUT2D eigenvalue weighted by atomic mass is 16.4. The number of hydrogen-bond donors (Lipinski definition) is 1. The molecule has 0 aliphatic carbocycles. The van der Waals surface area contributed by atoms with Crippen LogP contribution >= 0.6 is 0 Å². The summed E-state index contributed by atoms with van der Waals surface area (Å²) in [6.45, 7) is 9.25. The fourth-order valence-electron chi connectivity index (χ4n) is 1.86. The molecule has 0 aromatic heterocycles. The predicted molar refractivity (Wildman–Crippen MR) is 79.8 cm³/mol. The first-order chi connectivity index (χ1) is 9.12. The maximum Gasteiger partial charge on any atom is 0.308 e. The van der Waals surface area contributed by atoms with Gasteiger partial charge in [0.25, 0.3) is 0 Å². The van der Waals surface area contributed by atoms with Gasteiger partial charge in [0.1, 0.15) is 0 Å². The standard InChI is InChI=1S/C16H23NO3/c1-11-7-6-8-13(9-11)17(10-12(2)14(18)19)15(20)16(3,4)5/h6-9,12H,10H2,1-5H3,(H,18,19). The molecule has 0 aliphatic rings. The van der Waals surface area contributed by atoms with Gasteiger partial charge in [-0.1, -0.05) is 39.8 Å². The van der Waals surface area contributed by atoms with Crippen molar-refractivity contribution >= 4 is 17.6 Å². The van der Waals surface area contributed by atoms with Crippen LogP contribution in [0, 0.1) is 18.3 Å². The van der Waals surface area contributed by atoms with E-state index in [1.807, 2.05) is 52.0 Å². The lowest BCUT2D eigenvalue weighted by atomic mass is 9.93. The van der Waals surface area contributed by atoms with Crippen LogP contribution in [0.5, 0.6) is 0 Å². The molecule has 1 aromatic rings. The summed E-state index contributed by atoms with van der Waals surface area (Å²) in [5.41, 5.74) is 1.23. The van der Waals surface area contributed by atoms with Crippen molar-refractivity contribution in [2.45, 2.75) is 34.6 Å². The maximum atomic E-state index is 12.6. The molecule has 1 N–H and O–H groups in total. The van der Waals surface area contributed by atoms with Crippen molar-refractivity contribution < 1.29 is 14.7 Å². The highest BCUT2D eigenvalue weighted by molar-refractivity contribution is 5.97. The van der Waals surface area contributed by atoms with Gasteiger partial charge in [-0.15, -0.1) is 0 Å². The number of nitrogens with zero attached hydrogens (tertiary/aromatic N) is 1. The van der Waals surface area contributed by atoms with E-state index in [4.69, 9.17) is 5.11 Å². The monoisotopic (exact) mass is 277 g/mol. The van der Waals surface area contributed by atoms with Crippen LogP contribution in [-0.2, 0) is 9.59 Å². The molecule has 0 spiro atoms. The number of carbonyl (C=O) groups excluding carboxylic acids is 1. The van der Waals surface area contributed by atoms with Gasteiger partial charge in [-0.25, -0.2) is 0 Å². The number of aryl methyl sites for hydroxylation is 1. The van der Waals surface area contributed by atoms with Crippen molar-refractivity contribution in [2.75, 3.05) is 11.4 Å². The van der Waals surface area contributed by atoms with Crippen LogP contribution in [0.2, 0.25) is 0 Å². The summed E-state index contributed by atoms with van der Waals surface area (Å²) in [5, 5.41) is 9.08. The maximum absolute atomic E-state index is 12.6. The summed E-state index contributed by atoms with van der Waals surface area (Å²) in [5.74, 6) is -1.58. The van der Waals surface area contributed by atoms with E-state index in [1.165, 1.54) is 0 Å². The number of carboxylic acids is 1. The molecule has 4 heteroatoms. The van der Waals surface area contributed by atoms with Crippen LogP contribution in [0.1, 0.15) is 33.3 Å². The second kappa shape index (κ2) is 6.07.